The summed E-state index contributed by atoms with van der Waals surface area (Å²) >= 11 is 0. The van der Waals surface area contributed by atoms with Gasteiger partial charge in [-0.25, -0.2) is 0 Å². The predicted octanol–water partition coefficient (Wildman–Crippen LogP) is -0.141. The molecule has 0 N–H and O–H groups in total. The van der Waals surface area contributed by atoms with Crippen molar-refractivity contribution in [2.75, 3.05) is 6.61 Å². The van der Waals surface area contributed by atoms with Crippen LogP contribution in [0.4, 0.5) is 0 Å². The molecule has 2 heteroatoms. The maximum atomic E-state index is 4.84. The lowest BCUT2D eigenvalue weighted by atomic mass is 10.9. The SMILES string of the molecule is CCOC=C[SiH3]. The second-order valence-electron chi connectivity index (χ2n) is 0.925. The van der Waals surface area contributed by atoms with E-state index in [1.807, 2.05) is 12.6 Å². The maximum absolute atomic E-state index is 4.84. The highest BCUT2D eigenvalue weighted by Crippen LogP contribution is 1.69. The molecule has 0 unspecified atom stereocenters. The van der Waals surface area contributed by atoms with Gasteiger partial charge in [0.2, 0.25) is 0 Å². The molecule has 0 fully saturated rings. The minimum atomic E-state index is 0.790. The lowest BCUT2D eigenvalue weighted by Crippen LogP contribution is -1.74. The topological polar surface area (TPSA) is 9.23 Å². The zero-order chi connectivity index (χ0) is 4.83. The molecule has 0 aliphatic rings. The van der Waals surface area contributed by atoms with Gasteiger partial charge in [0.1, 0.15) is 0 Å². The summed E-state index contributed by atoms with van der Waals surface area (Å²) in [6, 6.07) is 0. The third kappa shape index (κ3) is 3.76. The Morgan fingerprint density at radius 3 is 2.67 bits per heavy atom. The van der Waals surface area contributed by atoms with E-state index in [1.165, 1.54) is 0 Å². The summed E-state index contributed by atoms with van der Waals surface area (Å²) in [5.41, 5.74) is 2.00. The van der Waals surface area contributed by atoms with Crippen molar-refractivity contribution < 1.29 is 4.74 Å². The molecule has 0 rings (SSSR count). The van der Waals surface area contributed by atoms with Gasteiger partial charge < -0.3 is 4.74 Å². The van der Waals surface area contributed by atoms with Crippen molar-refractivity contribution in [2.45, 2.75) is 6.92 Å². The molecule has 0 amide bonds. The zero-order valence-corrected chi connectivity index (χ0v) is 6.27. The molecule has 1 nitrogen and oxygen atoms in total. The van der Waals surface area contributed by atoms with Gasteiger partial charge >= 0.3 is 0 Å². The van der Waals surface area contributed by atoms with Crippen LogP contribution in [-0.2, 0) is 4.74 Å². The lowest BCUT2D eigenvalue weighted by Gasteiger charge is -1.86. The molecule has 0 spiro atoms. The van der Waals surface area contributed by atoms with E-state index in [0.29, 0.717) is 0 Å². The summed E-state index contributed by atoms with van der Waals surface area (Å²) in [6.45, 7) is 2.76. The normalized spacial score (nSPS) is 10.2. The van der Waals surface area contributed by atoms with Crippen molar-refractivity contribution in [3.8, 4) is 0 Å². The highest BCUT2D eigenvalue weighted by molar-refractivity contribution is 6.16. The van der Waals surface area contributed by atoms with Gasteiger partial charge in [0.25, 0.3) is 0 Å². The number of ether oxygens (including phenoxy) is 1. The van der Waals surface area contributed by atoms with Gasteiger partial charge in [-0.3, -0.25) is 0 Å². The van der Waals surface area contributed by atoms with Crippen LogP contribution in [-0.4, -0.2) is 16.8 Å². The van der Waals surface area contributed by atoms with E-state index in [0.717, 1.165) is 16.8 Å². The number of hydrogen-bond acceptors (Lipinski definition) is 1. The van der Waals surface area contributed by atoms with E-state index in [9.17, 15) is 0 Å². The van der Waals surface area contributed by atoms with Crippen LogP contribution in [0.5, 0.6) is 0 Å². The quantitative estimate of drug-likeness (QED) is 0.348. The van der Waals surface area contributed by atoms with Crippen LogP contribution in [0.15, 0.2) is 12.0 Å². The van der Waals surface area contributed by atoms with E-state index in [4.69, 9.17) is 4.74 Å². The fourth-order valence-electron chi connectivity index (χ4n) is 0.192. The van der Waals surface area contributed by atoms with Crippen LogP contribution in [0.1, 0.15) is 6.92 Å². The Morgan fingerprint density at radius 2 is 2.50 bits per heavy atom. The van der Waals surface area contributed by atoms with Crippen LogP contribution in [0, 0.1) is 0 Å². The average Bonchev–Trinajstić information content (AvgIpc) is 1.61. The highest BCUT2D eigenvalue weighted by Gasteiger charge is 1.59. The van der Waals surface area contributed by atoms with Gasteiger partial charge in [0.05, 0.1) is 12.9 Å². The van der Waals surface area contributed by atoms with Crippen molar-refractivity contribution in [1.29, 1.82) is 0 Å². The minimum Gasteiger partial charge on any atom is -0.502 e. The van der Waals surface area contributed by atoms with Crippen molar-refractivity contribution in [3.05, 3.63) is 12.0 Å². The van der Waals surface area contributed by atoms with Crippen LogP contribution < -0.4 is 0 Å². The Labute approximate surface area is 41.4 Å². The van der Waals surface area contributed by atoms with E-state index in [-0.39, 0.29) is 0 Å². The van der Waals surface area contributed by atoms with Gasteiger partial charge in [0, 0.05) is 10.2 Å². The molecule has 0 aromatic rings. The molecule has 6 heavy (non-hydrogen) atoms. The molecular weight excluding hydrogens is 92.1 g/mol. The Balaban J connectivity index is 2.66. The third-order valence-electron chi connectivity index (χ3n) is 0.399. The van der Waals surface area contributed by atoms with Gasteiger partial charge in [-0.15, -0.1) is 0 Å². The average molecular weight is 102 g/mol. The van der Waals surface area contributed by atoms with Gasteiger partial charge in [-0.2, -0.15) is 0 Å². The van der Waals surface area contributed by atoms with Crippen molar-refractivity contribution >= 4 is 10.2 Å². The fraction of sp³-hybridized carbons (Fsp3) is 0.500. The summed E-state index contributed by atoms with van der Waals surface area (Å²) in [5.74, 6) is 0. The molecule has 0 aliphatic carbocycles. The zero-order valence-electron chi connectivity index (χ0n) is 4.27. The van der Waals surface area contributed by atoms with Crippen molar-refractivity contribution in [1.82, 2.24) is 0 Å². The smallest absolute Gasteiger partial charge is 0.0844 e. The van der Waals surface area contributed by atoms with E-state index >= 15 is 0 Å². The van der Waals surface area contributed by atoms with E-state index in [2.05, 4.69) is 0 Å². The van der Waals surface area contributed by atoms with Crippen LogP contribution >= 0.6 is 0 Å². The Morgan fingerprint density at radius 1 is 1.83 bits per heavy atom. The molecule has 0 atom stereocenters. The van der Waals surface area contributed by atoms with E-state index in [1.54, 1.807) is 6.26 Å². The predicted molar refractivity (Wildman–Crippen MR) is 30.7 cm³/mol. The number of hydrogen-bond donors (Lipinski definition) is 0. The monoisotopic (exact) mass is 102 g/mol. The molecule has 0 bridgehead atoms. The summed E-state index contributed by atoms with van der Waals surface area (Å²) in [6.07, 6.45) is 1.74. The first-order chi connectivity index (χ1) is 2.91. The maximum Gasteiger partial charge on any atom is 0.0844 e. The summed E-state index contributed by atoms with van der Waals surface area (Å²) in [5, 5.41) is 0. The molecule has 0 heterocycles. The minimum absolute atomic E-state index is 0.790. The molecule has 0 radical (unpaired) electrons. The molecular formula is C4H10OSi. The van der Waals surface area contributed by atoms with Crippen LogP contribution in [0.25, 0.3) is 0 Å². The molecule has 36 valence electrons. The molecule has 0 saturated heterocycles. The van der Waals surface area contributed by atoms with Crippen LogP contribution in [0.3, 0.4) is 0 Å². The van der Waals surface area contributed by atoms with Gasteiger partial charge in [-0.1, -0.05) is 5.70 Å². The summed E-state index contributed by atoms with van der Waals surface area (Å²) in [7, 11) is 1.10. The fourth-order valence-corrected chi connectivity index (χ4v) is 0.385. The van der Waals surface area contributed by atoms with Gasteiger partial charge in [-0.05, 0) is 6.92 Å². The second kappa shape index (κ2) is 4.76. The summed E-state index contributed by atoms with van der Waals surface area (Å²) < 4.78 is 4.84. The molecule has 0 aromatic carbocycles. The molecule has 0 saturated carbocycles. The third-order valence-corrected chi connectivity index (χ3v) is 0.671. The van der Waals surface area contributed by atoms with E-state index < -0.39 is 0 Å². The second-order valence-corrected chi connectivity index (χ2v) is 1.59. The summed E-state index contributed by atoms with van der Waals surface area (Å²) in [4.78, 5) is 0. The number of rotatable bonds is 2. The first-order valence-electron chi connectivity index (χ1n) is 2.14. The highest BCUT2D eigenvalue weighted by atomic mass is 28.1. The first kappa shape index (κ1) is 5.76. The van der Waals surface area contributed by atoms with Gasteiger partial charge in [0.15, 0.2) is 0 Å². The van der Waals surface area contributed by atoms with Crippen LogP contribution in [0.2, 0.25) is 0 Å². The largest absolute Gasteiger partial charge is 0.502 e. The molecule has 0 aliphatic heterocycles. The first-order valence-corrected chi connectivity index (χ1v) is 3.30. The molecule has 0 aromatic heterocycles. The Kier molecular flexibility index (Phi) is 4.56. The Hall–Kier alpha value is -0.243. The van der Waals surface area contributed by atoms with Crippen molar-refractivity contribution in [2.24, 2.45) is 0 Å². The lowest BCUT2D eigenvalue weighted by molar-refractivity contribution is 0.270. The Bertz CT molecular complexity index is 42.8. The standard InChI is InChI=1S/C4H10OSi/c1-2-5-3-4-6/h3-4H,2H2,1,6H3. The van der Waals surface area contributed by atoms with Crippen molar-refractivity contribution in [3.63, 3.8) is 0 Å².